The van der Waals surface area contributed by atoms with Crippen LogP contribution in [0, 0.1) is 13.8 Å². The van der Waals surface area contributed by atoms with Gasteiger partial charge >= 0.3 is 5.97 Å². The van der Waals surface area contributed by atoms with Gasteiger partial charge in [0.05, 0.1) is 0 Å². The molecule has 0 bridgehead atoms. The van der Waals surface area contributed by atoms with Crippen LogP contribution in [0.2, 0.25) is 0 Å². The molecule has 2 nitrogen and oxygen atoms in total. The predicted molar refractivity (Wildman–Crippen MR) is 94.3 cm³/mol. The van der Waals surface area contributed by atoms with Gasteiger partial charge in [-0.1, -0.05) is 77.9 Å². The zero-order valence-electron chi connectivity index (χ0n) is 13.7. The second kappa shape index (κ2) is 5.34. The lowest BCUT2D eigenvalue weighted by Crippen LogP contribution is -2.36. The van der Waals surface area contributed by atoms with Gasteiger partial charge in [-0.3, -0.25) is 0 Å². The highest BCUT2D eigenvalue weighted by Crippen LogP contribution is 2.49. The Morgan fingerprint density at radius 3 is 2.08 bits per heavy atom. The third-order valence-corrected chi connectivity index (χ3v) is 4.74. The maximum Gasteiger partial charge on any atom is 0.331 e. The largest absolute Gasteiger partial charge is 0.425 e. The van der Waals surface area contributed by atoms with E-state index in [0.717, 1.165) is 27.8 Å². The average molecular weight is 314 g/mol. The summed E-state index contributed by atoms with van der Waals surface area (Å²) >= 11 is 0. The van der Waals surface area contributed by atoms with Gasteiger partial charge in [0.2, 0.25) is 0 Å². The third kappa shape index (κ3) is 2.00. The first-order valence-electron chi connectivity index (χ1n) is 8.08. The summed E-state index contributed by atoms with van der Waals surface area (Å²) in [5.41, 5.74) is 4.16. The molecule has 118 valence electrons. The number of hydrogen-bond acceptors (Lipinski definition) is 2. The second-order valence-electron chi connectivity index (χ2n) is 6.37. The first kappa shape index (κ1) is 14.7. The number of aryl methyl sites for hydroxylation is 2. The zero-order valence-corrected chi connectivity index (χ0v) is 13.7. The molecule has 4 rings (SSSR count). The topological polar surface area (TPSA) is 26.3 Å². The number of benzene rings is 3. The van der Waals surface area contributed by atoms with E-state index in [9.17, 15) is 4.79 Å². The number of esters is 1. The van der Waals surface area contributed by atoms with Gasteiger partial charge in [0.25, 0.3) is 0 Å². The number of rotatable bonds is 2. The Hall–Kier alpha value is -2.87. The minimum Gasteiger partial charge on any atom is -0.425 e. The van der Waals surface area contributed by atoms with Crippen molar-refractivity contribution in [3.63, 3.8) is 0 Å². The maximum absolute atomic E-state index is 13.1. The molecule has 0 amide bonds. The Bertz CT molecular complexity index is 910. The highest BCUT2D eigenvalue weighted by molar-refractivity contribution is 5.98. The number of carbonyl (C=O) groups is 1. The van der Waals surface area contributed by atoms with Crippen molar-refractivity contribution < 1.29 is 9.53 Å². The molecule has 0 fully saturated rings. The van der Waals surface area contributed by atoms with E-state index in [4.69, 9.17) is 4.74 Å². The average Bonchev–Trinajstić information content (AvgIpc) is 2.89. The summed E-state index contributed by atoms with van der Waals surface area (Å²) in [6.45, 7) is 4.08. The molecule has 2 heteroatoms. The number of ether oxygens (including phenoxy) is 1. The van der Waals surface area contributed by atoms with Gasteiger partial charge in [-0.05, 0) is 31.0 Å². The first-order valence-corrected chi connectivity index (χ1v) is 8.08. The van der Waals surface area contributed by atoms with E-state index in [-0.39, 0.29) is 5.97 Å². The molecule has 1 aliphatic rings. The molecule has 0 saturated heterocycles. The molecule has 1 unspecified atom stereocenters. The van der Waals surface area contributed by atoms with Crippen LogP contribution in [0.25, 0.3) is 0 Å². The van der Waals surface area contributed by atoms with E-state index >= 15 is 0 Å². The summed E-state index contributed by atoms with van der Waals surface area (Å²) < 4.78 is 5.68. The van der Waals surface area contributed by atoms with Crippen LogP contribution in [-0.4, -0.2) is 5.97 Å². The molecule has 1 heterocycles. The molecule has 0 aliphatic carbocycles. The standard InChI is InChI=1S/C22H18O2/c1-15-8-11-18(12-9-15)22(17-6-4-3-5-7-17)19-14-16(2)10-13-20(19)24-21(22)23/h3-14H,1-2H3. The van der Waals surface area contributed by atoms with Crippen LogP contribution in [0.15, 0.2) is 72.8 Å². The summed E-state index contributed by atoms with van der Waals surface area (Å²) in [6.07, 6.45) is 0. The Balaban J connectivity index is 2.08. The van der Waals surface area contributed by atoms with Crippen molar-refractivity contribution >= 4 is 5.97 Å². The SMILES string of the molecule is Cc1ccc(C2(c3ccccc3)C(=O)Oc3ccc(C)cc32)cc1. The van der Waals surface area contributed by atoms with Crippen LogP contribution in [0.5, 0.6) is 5.75 Å². The summed E-state index contributed by atoms with van der Waals surface area (Å²) in [5.74, 6) is 0.410. The first-order chi connectivity index (χ1) is 11.6. The molecule has 0 N–H and O–H groups in total. The van der Waals surface area contributed by atoms with E-state index in [0.29, 0.717) is 5.75 Å². The smallest absolute Gasteiger partial charge is 0.331 e. The number of carbonyl (C=O) groups excluding carboxylic acids is 1. The van der Waals surface area contributed by atoms with E-state index in [2.05, 4.69) is 6.07 Å². The quantitative estimate of drug-likeness (QED) is 0.512. The van der Waals surface area contributed by atoms with Crippen LogP contribution in [0.4, 0.5) is 0 Å². The zero-order chi connectivity index (χ0) is 16.7. The predicted octanol–water partition coefficient (Wildman–Crippen LogP) is 4.56. The van der Waals surface area contributed by atoms with Crippen LogP contribution in [-0.2, 0) is 10.2 Å². The molecule has 24 heavy (non-hydrogen) atoms. The van der Waals surface area contributed by atoms with Gasteiger partial charge in [-0.2, -0.15) is 0 Å². The molecule has 0 spiro atoms. The van der Waals surface area contributed by atoms with E-state index in [1.165, 1.54) is 0 Å². The number of fused-ring (bicyclic) bond motifs is 1. The fourth-order valence-corrected chi connectivity index (χ4v) is 3.52. The summed E-state index contributed by atoms with van der Waals surface area (Å²) in [5, 5.41) is 0. The second-order valence-corrected chi connectivity index (χ2v) is 6.37. The van der Waals surface area contributed by atoms with Gasteiger partial charge in [0.1, 0.15) is 11.2 Å². The summed E-state index contributed by atoms with van der Waals surface area (Å²) in [4.78, 5) is 13.1. The normalized spacial score (nSPS) is 19.0. The van der Waals surface area contributed by atoms with Crippen LogP contribution in [0.3, 0.4) is 0 Å². The Labute approximate surface area is 141 Å². The van der Waals surface area contributed by atoms with Crippen LogP contribution in [0.1, 0.15) is 27.8 Å². The van der Waals surface area contributed by atoms with Crippen LogP contribution < -0.4 is 4.74 Å². The van der Waals surface area contributed by atoms with Crippen molar-refractivity contribution in [2.24, 2.45) is 0 Å². The van der Waals surface area contributed by atoms with E-state index < -0.39 is 5.41 Å². The Morgan fingerprint density at radius 2 is 1.38 bits per heavy atom. The maximum atomic E-state index is 13.1. The van der Waals surface area contributed by atoms with Gasteiger partial charge in [-0.25, -0.2) is 4.79 Å². The summed E-state index contributed by atoms with van der Waals surface area (Å²) in [7, 11) is 0. The molecule has 0 saturated carbocycles. The molecule has 1 atom stereocenters. The van der Waals surface area contributed by atoms with Crippen molar-refractivity contribution in [2.45, 2.75) is 19.3 Å². The molecule has 3 aromatic carbocycles. The van der Waals surface area contributed by atoms with Crippen molar-refractivity contribution in [1.29, 1.82) is 0 Å². The van der Waals surface area contributed by atoms with Gasteiger partial charge in [-0.15, -0.1) is 0 Å². The third-order valence-electron chi connectivity index (χ3n) is 4.74. The molecule has 1 aliphatic heterocycles. The van der Waals surface area contributed by atoms with Crippen molar-refractivity contribution in [3.8, 4) is 5.75 Å². The summed E-state index contributed by atoms with van der Waals surface area (Å²) in [6, 6.07) is 24.0. The van der Waals surface area contributed by atoms with Crippen molar-refractivity contribution in [2.75, 3.05) is 0 Å². The molecule has 0 radical (unpaired) electrons. The van der Waals surface area contributed by atoms with Crippen LogP contribution >= 0.6 is 0 Å². The lowest BCUT2D eigenvalue weighted by Gasteiger charge is -2.27. The lowest BCUT2D eigenvalue weighted by atomic mass is 9.70. The van der Waals surface area contributed by atoms with Gasteiger partial charge < -0.3 is 4.74 Å². The highest BCUT2D eigenvalue weighted by Gasteiger charge is 2.51. The molecular formula is C22H18O2. The Morgan fingerprint density at radius 1 is 0.750 bits per heavy atom. The van der Waals surface area contributed by atoms with Crippen molar-refractivity contribution in [1.82, 2.24) is 0 Å². The fraction of sp³-hybridized carbons (Fsp3) is 0.136. The highest BCUT2D eigenvalue weighted by atomic mass is 16.5. The molecule has 0 aromatic heterocycles. The monoisotopic (exact) mass is 314 g/mol. The molecular weight excluding hydrogens is 296 g/mol. The fourth-order valence-electron chi connectivity index (χ4n) is 3.52. The lowest BCUT2D eigenvalue weighted by molar-refractivity contribution is -0.135. The van der Waals surface area contributed by atoms with E-state index in [1.54, 1.807) is 0 Å². The molecule has 3 aromatic rings. The Kier molecular flexibility index (Phi) is 3.27. The minimum atomic E-state index is -0.906. The van der Waals surface area contributed by atoms with Gasteiger partial charge in [0.15, 0.2) is 0 Å². The minimum absolute atomic E-state index is 0.238. The van der Waals surface area contributed by atoms with E-state index in [1.807, 2.05) is 80.6 Å². The number of hydrogen-bond donors (Lipinski definition) is 0. The van der Waals surface area contributed by atoms with Gasteiger partial charge in [0, 0.05) is 5.56 Å². The van der Waals surface area contributed by atoms with Crippen molar-refractivity contribution in [3.05, 3.63) is 101 Å².